The highest BCUT2D eigenvalue weighted by molar-refractivity contribution is 6.04. The SMILES string of the molecule is Cc1ccc(CNC(=O)C2(C(=O)O)CC2)c(OC(C)(C)C)c1. The highest BCUT2D eigenvalue weighted by Gasteiger charge is 2.56. The van der Waals surface area contributed by atoms with Crippen LogP contribution < -0.4 is 10.1 Å². The van der Waals surface area contributed by atoms with Gasteiger partial charge in [-0.15, -0.1) is 0 Å². The Bertz CT molecular complexity index is 597. The summed E-state index contributed by atoms with van der Waals surface area (Å²) in [6.07, 6.45) is 0.820. The van der Waals surface area contributed by atoms with Gasteiger partial charge in [0.25, 0.3) is 0 Å². The average Bonchev–Trinajstić information content (AvgIpc) is 3.16. The molecule has 22 heavy (non-hydrogen) atoms. The molecule has 1 aliphatic rings. The fourth-order valence-electron chi connectivity index (χ4n) is 2.24. The van der Waals surface area contributed by atoms with Crippen molar-refractivity contribution >= 4 is 11.9 Å². The van der Waals surface area contributed by atoms with Gasteiger partial charge in [-0.2, -0.15) is 0 Å². The number of hydrogen-bond donors (Lipinski definition) is 2. The van der Waals surface area contributed by atoms with Crippen LogP contribution >= 0.6 is 0 Å². The fraction of sp³-hybridized carbons (Fsp3) is 0.529. The first kappa shape index (κ1) is 16.3. The third kappa shape index (κ3) is 3.59. The molecule has 1 aliphatic carbocycles. The van der Waals surface area contributed by atoms with Crippen LogP contribution in [0.1, 0.15) is 44.7 Å². The number of carbonyl (C=O) groups excluding carboxylic acids is 1. The van der Waals surface area contributed by atoms with E-state index in [4.69, 9.17) is 9.84 Å². The highest BCUT2D eigenvalue weighted by atomic mass is 16.5. The van der Waals surface area contributed by atoms with E-state index in [2.05, 4.69) is 5.32 Å². The number of rotatable bonds is 5. The van der Waals surface area contributed by atoms with E-state index < -0.39 is 17.3 Å². The maximum atomic E-state index is 12.1. The molecule has 1 aromatic carbocycles. The maximum Gasteiger partial charge on any atom is 0.319 e. The van der Waals surface area contributed by atoms with E-state index in [1.165, 1.54) is 0 Å². The second kappa shape index (κ2) is 5.63. The second-order valence-electron chi connectivity index (χ2n) is 6.90. The van der Waals surface area contributed by atoms with Gasteiger partial charge in [-0.3, -0.25) is 9.59 Å². The lowest BCUT2D eigenvalue weighted by Gasteiger charge is -2.24. The number of ether oxygens (including phenoxy) is 1. The zero-order valence-corrected chi connectivity index (χ0v) is 13.5. The molecule has 1 fully saturated rings. The quantitative estimate of drug-likeness (QED) is 0.820. The van der Waals surface area contributed by atoms with Crippen LogP contribution in [0.25, 0.3) is 0 Å². The predicted molar refractivity (Wildman–Crippen MR) is 82.7 cm³/mol. The second-order valence-corrected chi connectivity index (χ2v) is 6.90. The molecule has 1 saturated carbocycles. The average molecular weight is 305 g/mol. The van der Waals surface area contributed by atoms with Crippen LogP contribution in [-0.4, -0.2) is 22.6 Å². The first-order chi connectivity index (χ1) is 10.1. The van der Waals surface area contributed by atoms with Crippen molar-refractivity contribution in [3.63, 3.8) is 0 Å². The van der Waals surface area contributed by atoms with Gasteiger partial charge < -0.3 is 15.2 Å². The number of carboxylic acid groups (broad SMARTS) is 1. The summed E-state index contributed by atoms with van der Waals surface area (Å²) in [6.45, 7) is 8.12. The molecule has 0 bridgehead atoms. The highest BCUT2D eigenvalue weighted by Crippen LogP contribution is 2.46. The van der Waals surface area contributed by atoms with E-state index >= 15 is 0 Å². The van der Waals surface area contributed by atoms with Crippen molar-refractivity contribution in [1.82, 2.24) is 5.32 Å². The first-order valence-corrected chi connectivity index (χ1v) is 7.44. The molecule has 0 spiro atoms. The third-order valence-electron chi connectivity index (χ3n) is 3.67. The minimum absolute atomic E-state index is 0.263. The molecule has 0 aliphatic heterocycles. The van der Waals surface area contributed by atoms with Crippen LogP contribution in [0.5, 0.6) is 5.75 Å². The largest absolute Gasteiger partial charge is 0.488 e. The number of carbonyl (C=O) groups is 2. The molecule has 0 heterocycles. The molecule has 0 unspecified atom stereocenters. The lowest BCUT2D eigenvalue weighted by molar-refractivity contribution is -0.149. The maximum absolute atomic E-state index is 12.1. The van der Waals surface area contributed by atoms with Crippen molar-refractivity contribution in [2.24, 2.45) is 5.41 Å². The van der Waals surface area contributed by atoms with Gasteiger partial charge in [-0.25, -0.2) is 0 Å². The van der Waals surface area contributed by atoms with Gasteiger partial charge in [-0.1, -0.05) is 12.1 Å². The molecule has 0 aromatic heterocycles. The van der Waals surface area contributed by atoms with Crippen molar-refractivity contribution in [3.8, 4) is 5.75 Å². The lowest BCUT2D eigenvalue weighted by atomic mass is 10.1. The molecule has 5 heteroatoms. The summed E-state index contributed by atoms with van der Waals surface area (Å²) in [6, 6.07) is 5.77. The van der Waals surface area contributed by atoms with Gasteiger partial charge in [0.15, 0.2) is 0 Å². The number of carboxylic acids is 1. The molecule has 120 valence electrons. The van der Waals surface area contributed by atoms with Gasteiger partial charge in [0, 0.05) is 12.1 Å². The predicted octanol–water partition coefficient (Wildman–Crippen LogP) is 2.65. The normalized spacial score (nSPS) is 16.0. The molecule has 0 atom stereocenters. The topological polar surface area (TPSA) is 75.6 Å². The molecular weight excluding hydrogens is 282 g/mol. The molecule has 0 radical (unpaired) electrons. The Morgan fingerprint density at radius 2 is 1.95 bits per heavy atom. The summed E-state index contributed by atoms with van der Waals surface area (Å²) < 4.78 is 5.93. The van der Waals surface area contributed by atoms with Crippen LogP contribution in [0.2, 0.25) is 0 Å². The molecule has 2 N–H and O–H groups in total. The van der Waals surface area contributed by atoms with E-state index in [1.54, 1.807) is 0 Å². The standard InChI is InChI=1S/C17H23NO4/c1-11-5-6-12(13(9-11)22-16(2,3)4)10-18-14(19)17(7-8-17)15(20)21/h5-6,9H,7-8,10H2,1-4H3,(H,18,19)(H,20,21). The van der Waals surface area contributed by atoms with Gasteiger partial charge in [0.1, 0.15) is 16.8 Å². The summed E-state index contributed by atoms with van der Waals surface area (Å²) in [5.41, 5.74) is 0.356. The van der Waals surface area contributed by atoms with Crippen molar-refractivity contribution in [1.29, 1.82) is 0 Å². The Balaban J connectivity index is 2.10. The lowest BCUT2D eigenvalue weighted by Crippen LogP contribution is -2.36. The van der Waals surface area contributed by atoms with E-state index in [0.29, 0.717) is 18.6 Å². The summed E-state index contributed by atoms with van der Waals surface area (Å²) in [4.78, 5) is 23.2. The number of benzene rings is 1. The van der Waals surface area contributed by atoms with Crippen LogP contribution in [-0.2, 0) is 16.1 Å². The number of amides is 1. The number of aliphatic carboxylic acids is 1. The molecule has 0 saturated heterocycles. The molecule has 2 rings (SSSR count). The third-order valence-corrected chi connectivity index (χ3v) is 3.67. The van der Waals surface area contributed by atoms with Gasteiger partial charge in [-0.05, 0) is 52.2 Å². The Morgan fingerprint density at radius 1 is 1.32 bits per heavy atom. The zero-order chi connectivity index (χ0) is 16.5. The van der Waals surface area contributed by atoms with Crippen molar-refractivity contribution in [2.45, 2.75) is 52.7 Å². The molecule has 1 amide bonds. The van der Waals surface area contributed by atoms with Crippen molar-refractivity contribution < 1.29 is 19.4 Å². The summed E-state index contributed by atoms with van der Waals surface area (Å²) in [5, 5.41) is 11.9. The molecule has 1 aromatic rings. The Morgan fingerprint density at radius 3 is 2.45 bits per heavy atom. The molecule has 5 nitrogen and oxygen atoms in total. The summed E-state index contributed by atoms with van der Waals surface area (Å²) >= 11 is 0. The zero-order valence-electron chi connectivity index (χ0n) is 13.5. The minimum Gasteiger partial charge on any atom is -0.488 e. The van der Waals surface area contributed by atoms with Crippen LogP contribution in [0, 0.1) is 12.3 Å². The van der Waals surface area contributed by atoms with Gasteiger partial charge in [0.2, 0.25) is 5.91 Å². The number of hydrogen-bond acceptors (Lipinski definition) is 3. The Labute approximate surface area is 130 Å². The monoisotopic (exact) mass is 305 g/mol. The van der Waals surface area contributed by atoms with E-state index in [-0.39, 0.29) is 12.1 Å². The van der Waals surface area contributed by atoms with Gasteiger partial charge in [0.05, 0.1) is 0 Å². The fourth-order valence-corrected chi connectivity index (χ4v) is 2.24. The number of nitrogens with one attached hydrogen (secondary N) is 1. The number of aryl methyl sites for hydroxylation is 1. The van der Waals surface area contributed by atoms with Crippen LogP contribution in [0.4, 0.5) is 0 Å². The summed E-state index contributed by atoms with van der Waals surface area (Å²) in [7, 11) is 0. The Hall–Kier alpha value is -2.04. The van der Waals surface area contributed by atoms with Crippen molar-refractivity contribution in [3.05, 3.63) is 29.3 Å². The summed E-state index contributed by atoms with van der Waals surface area (Å²) in [5.74, 6) is -0.740. The first-order valence-electron chi connectivity index (χ1n) is 7.44. The smallest absolute Gasteiger partial charge is 0.319 e. The van der Waals surface area contributed by atoms with E-state index in [0.717, 1.165) is 11.1 Å². The Kier molecular flexibility index (Phi) is 4.18. The minimum atomic E-state index is -1.21. The van der Waals surface area contributed by atoms with Crippen molar-refractivity contribution in [2.75, 3.05) is 0 Å². The van der Waals surface area contributed by atoms with Gasteiger partial charge >= 0.3 is 5.97 Å². The molecular formula is C17H23NO4. The van der Waals surface area contributed by atoms with Crippen LogP contribution in [0.3, 0.4) is 0 Å². The van der Waals surface area contributed by atoms with E-state index in [1.807, 2.05) is 45.9 Å². The van der Waals surface area contributed by atoms with Crippen LogP contribution in [0.15, 0.2) is 18.2 Å². The van der Waals surface area contributed by atoms with E-state index in [9.17, 15) is 9.59 Å².